The lowest BCUT2D eigenvalue weighted by Crippen LogP contribution is -2.10. The van der Waals surface area contributed by atoms with Gasteiger partial charge in [0.2, 0.25) is 0 Å². The highest BCUT2D eigenvalue weighted by molar-refractivity contribution is 5.75. The van der Waals surface area contributed by atoms with Gasteiger partial charge in [-0.2, -0.15) is 0 Å². The number of methoxy groups -OCH3 is 1. The monoisotopic (exact) mass is 233 g/mol. The normalized spacial score (nSPS) is 14.8. The number of ether oxygens (including phenoxy) is 2. The van der Waals surface area contributed by atoms with E-state index in [0.717, 1.165) is 29.9 Å². The van der Waals surface area contributed by atoms with Crippen LogP contribution in [0.5, 0.6) is 0 Å². The third kappa shape index (κ3) is 2.84. The van der Waals surface area contributed by atoms with E-state index in [0.29, 0.717) is 6.61 Å². The largest absolute Gasteiger partial charge is 0.492 e. The van der Waals surface area contributed by atoms with Crippen molar-refractivity contribution in [2.75, 3.05) is 13.7 Å². The second kappa shape index (κ2) is 5.48. The SMILES string of the molecule is COC(=O)Cc1cccnc1C1=CCCCO1. The van der Waals surface area contributed by atoms with Crippen LogP contribution in [0.2, 0.25) is 0 Å². The van der Waals surface area contributed by atoms with E-state index in [1.807, 2.05) is 18.2 Å². The molecule has 1 aromatic heterocycles. The Bertz CT molecular complexity index is 440. The first kappa shape index (κ1) is 11.6. The number of hydrogen-bond donors (Lipinski definition) is 0. The minimum absolute atomic E-state index is 0.223. The van der Waals surface area contributed by atoms with Crippen LogP contribution in [0, 0.1) is 0 Å². The van der Waals surface area contributed by atoms with Crippen LogP contribution in [-0.2, 0) is 20.7 Å². The first-order valence-electron chi connectivity index (χ1n) is 5.65. The molecular formula is C13H15NO3. The molecule has 0 atom stereocenters. The molecule has 0 fully saturated rings. The Hall–Kier alpha value is -1.84. The number of carbonyl (C=O) groups is 1. The van der Waals surface area contributed by atoms with Gasteiger partial charge in [-0.3, -0.25) is 9.78 Å². The number of allylic oxidation sites excluding steroid dienone is 1. The zero-order valence-corrected chi connectivity index (χ0v) is 9.81. The summed E-state index contributed by atoms with van der Waals surface area (Å²) in [5, 5.41) is 0. The summed E-state index contributed by atoms with van der Waals surface area (Å²) in [5.74, 6) is 0.506. The van der Waals surface area contributed by atoms with Crippen LogP contribution in [0.4, 0.5) is 0 Å². The molecule has 0 spiro atoms. The first-order valence-corrected chi connectivity index (χ1v) is 5.65. The van der Waals surface area contributed by atoms with Crippen LogP contribution >= 0.6 is 0 Å². The summed E-state index contributed by atoms with van der Waals surface area (Å²) in [6, 6.07) is 3.68. The second-order valence-corrected chi connectivity index (χ2v) is 3.82. The fraction of sp³-hybridized carbons (Fsp3) is 0.385. The molecule has 0 radical (unpaired) electrons. The van der Waals surface area contributed by atoms with Crippen molar-refractivity contribution in [3.63, 3.8) is 0 Å². The van der Waals surface area contributed by atoms with Gasteiger partial charge in [0.1, 0.15) is 11.5 Å². The molecule has 0 aliphatic carbocycles. The van der Waals surface area contributed by atoms with Crippen molar-refractivity contribution in [3.05, 3.63) is 35.7 Å². The van der Waals surface area contributed by atoms with Crippen LogP contribution in [0.25, 0.3) is 5.76 Å². The molecule has 17 heavy (non-hydrogen) atoms. The van der Waals surface area contributed by atoms with Crippen LogP contribution in [0.15, 0.2) is 24.4 Å². The number of aromatic nitrogens is 1. The molecule has 1 aliphatic heterocycles. The fourth-order valence-corrected chi connectivity index (χ4v) is 1.75. The van der Waals surface area contributed by atoms with Crippen LogP contribution < -0.4 is 0 Å². The average Bonchev–Trinajstić information content (AvgIpc) is 2.40. The minimum atomic E-state index is -0.268. The van der Waals surface area contributed by atoms with Gasteiger partial charge in [-0.05, 0) is 30.5 Å². The number of rotatable bonds is 3. The van der Waals surface area contributed by atoms with E-state index >= 15 is 0 Å². The molecule has 90 valence electrons. The molecule has 0 unspecified atom stereocenters. The van der Waals surface area contributed by atoms with Gasteiger partial charge in [0, 0.05) is 6.20 Å². The average molecular weight is 233 g/mol. The van der Waals surface area contributed by atoms with Crippen molar-refractivity contribution in [1.82, 2.24) is 4.98 Å². The molecule has 0 aromatic carbocycles. The zero-order valence-electron chi connectivity index (χ0n) is 9.81. The highest BCUT2D eigenvalue weighted by atomic mass is 16.5. The van der Waals surface area contributed by atoms with Gasteiger partial charge in [0.05, 0.1) is 20.1 Å². The molecular weight excluding hydrogens is 218 g/mol. The Morgan fingerprint density at radius 2 is 2.47 bits per heavy atom. The van der Waals surface area contributed by atoms with E-state index in [1.165, 1.54) is 7.11 Å². The lowest BCUT2D eigenvalue weighted by Gasteiger charge is -2.16. The molecule has 0 bridgehead atoms. The van der Waals surface area contributed by atoms with Gasteiger partial charge in [-0.1, -0.05) is 6.07 Å². The van der Waals surface area contributed by atoms with E-state index in [4.69, 9.17) is 4.74 Å². The Balaban J connectivity index is 2.26. The molecule has 1 aliphatic rings. The highest BCUT2D eigenvalue weighted by Crippen LogP contribution is 2.23. The van der Waals surface area contributed by atoms with E-state index in [2.05, 4.69) is 9.72 Å². The maximum absolute atomic E-state index is 11.3. The van der Waals surface area contributed by atoms with Gasteiger partial charge >= 0.3 is 5.97 Å². The van der Waals surface area contributed by atoms with Crippen LogP contribution in [0.3, 0.4) is 0 Å². The van der Waals surface area contributed by atoms with E-state index < -0.39 is 0 Å². The standard InChI is InChI=1S/C13H15NO3/c1-16-12(15)9-10-5-4-7-14-13(10)11-6-2-3-8-17-11/h4-7H,2-3,8-9H2,1H3. The smallest absolute Gasteiger partial charge is 0.310 e. The Morgan fingerprint density at radius 1 is 1.59 bits per heavy atom. The van der Waals surface area contributed by atoms with E-state index in [-0.39, 0.29) is 12.4 Å². The topological polar surface area (TPSA) is 48.4 Å². The van der Waals surface area contributed by atoms with Gasteiger partial charge < -0.3 is 9.47 Å². The first-order chi connectivity index (χ1) is 8.31. The predicted octanol–water partition coefficient (Wildman–Crippen LogP) is 1.95. The molecule has 4 nitrogen and oxygen atoms in total. The molecule has 0 N–H and O–H groups in total. The predicted molar refractivity (Wildman–Crippen MR) is 63.1 cm³/mol. The van der Waals surface area contributed by atoms with E-state index in [1.54, 1.807) is 6.20 Å². The molecule has 2 heterocycles. The summed E-state index contributed by atoms with van der Waals surface area (Å²) in [5.41, 5.74) is 1.59. The molecule has 1 aromatic rings. The summed E-state index contributed by atoms with van der Waals surface area (Å²) in [6.45, 7) is 0.708. The fourth-order valence-electron chi connectivity index (χ4n) is 1.75. The number of carbonyl (C=O) groups excluding carboxylic acids is 1. The van der Waals surface area contributed by atoms with Gasteiger partial charge in [0.25, 0.3) is 0 Å². The Labute approximate surface area is 100 Å². The number of nitrogens with zero attached hydrogens (tertiary/aromatic N) is 1. The van der Waals surface area contributed by atoms with Gasteiger partial charge in [-0.15, -0.1) is 0 Å². The second-order valence-electron chi connectivity index (χ2n) is 3.82. The number of hydrogen-bond acceptors (Lipinski definition) is 4. The zero-order chi connectivity index (χ0) is 12.1. The van der Waals surface area contributed by atoms with Crippen molar-refractivity contribution < 1.29 is 14.3 Å². The van der Waals surface area contributed by atoms with Crippen molar-refractivity contribution in [1.29, 1.82) is 0 Å². The maximum atomic E-state index is 11.3. The molecule has 0 saturated carbocycles. The van der Waals surface area contributed by atoms with Crippen molar-refractivity contribution in [2.45, 2.75) is 19.3 Å². The number of pyridine rings is 1. The van der Waals surface area contributed by atoms with Crippen molar-refractivity contribution in [3.8, 4) is 0 Å². The third-order valence-electron chi connectivity index (χ3n) is 2.62. The summed E-state index contributed by atoms with van der Waals surface area (Å²) >= 11 is 0. The maximum Gasteiger partial charge on any atom is 0.310 e. The highest BCUT2D eigenvalue weighted by Gasteiger charge is 2.15. The van der Waals surface area contributed by atoms with Gasteiger partial charge in [0.15, 0.2) is 0 Å². The molecule has 0 amide bonds. The summed E-state index contributed by atoms with van der Waals surface area (Å²) in [7, 11) is 1.38. The third-order valence-corrected chi connectivity index (χ3v) is 2.62. The lowest BCUT2D eigenvalue weighted by molar-refractivity contribution is -0.139. The van der Waals surface area contributed by atoms with Crippen LogP contribution in [-0.4, -0.2) is 24.7 Å². The molecule has 4 heteroatoms. The van der Waals surface area contributed by atoms with Gasteiger partial charge in [-0.25, -0.2) is 0 Å². The summed E-state index contributed by atoms with van der Waals surface area (Å²) in [4.78, 5) is 15.6. The lowest BCUT2D eigenvalue weighted by atomic mass is 10.1. The van der Waals surface area contributed by atoms with Crippen molar-refractivity contribution >= 4 is 11.7 Å². The summed E-state index contributed by atoms with van der Waals surface area (Å²) in [6.07, 6.45) is 5.97. The number of esters is 1. The Kier molecular flexibility index (Phi) is 3.75. The molecule has 0 saturated heterocycles. The minimum Gasteiger partial charge on any atom is -0.492 e. The quantitative estimate of drug-likeness (QED) is 0.749. The van der Waals surface area contributed by atoms with E-state index in [9.17, 15) is 4.79 Å². The molecule has 2 rings (SSSR count). The van der Waals surface area contributed by atoms with Crippen LogP contribution in [0.1, 0.15) is 24.1 Å². The Morgan fingerprint density at radius 3 is 3.18 bits per heavy atom. The summed E-state index contributed by atoms with van der Waals surface area (Å²) < 4.78 is 10.2. The van der Waals surface area contributed by atoms with Crippen molar-refractivity contribution in [2.24, 2.45) is 0 Å².